The van der Waals surface area contributed by atoms with Gasteiger partial charge in [-0.25, -0.2) is 13.1 Å². The smallest absolute Gasteiger partial charge is 0.244 e. The highest BCUT2D eigenvalue weighted by Gasteiger charge is 2.25. The van der Waals surface area contributed by atoms with Gasteiger partial charge >= 0.3 is 0 Å². The first-order chi connectivity index (χ1) is 9.75. The minimum absolute atomic E-state index is 0.0836. The van der Waals surface area contributed by atoms with E-state index in [-0.39, 0.29) is 23.7 Å². The van der Waals surface area contributed by atoms with Gasteiger partial charge in [-0.2, -0.15) is 0 Å². The topological polar surface area (TPSA) is 90.7 Å². The van der Waals surface area contributed by atoms with Gasteiger partial charge in [-0.15, -0.1) is 0 Å². The maximum atomic E-state index is 12.4. The lowest BCUT2D eigenvalue weighted by Gasteiger charge is -2.25. The van der Waals surface area contributed by atoms with E-state index in [9.17, 15) is 8.42 Å². The first-order valence-electron chi connectivity index (χ1n) is 6.76. The lowest BCUT2D eigenvalue weighted by Crippen LogP contribution is -2.40. The number of hydrogen-bond acceptors (Lipinski definition) is 5. The van der Waals surface area contributed by atoms with Crippen LogP contribution in [-0.4, -0.2) is 34.3 Å². The van der Waals surface area contributed by atoms with E-state index in [0.717, 1.165) is 5.56 Å². The molecule has 1 rings (SSSR count). The first kappa shape index (κ1) is 17.9. The van der Waals surface area contributed by atoms with Crippen molar-refractivity contribution in [3.63, 3.8) is 0 Å². The highest BCUT2D eigenvalue weighted by Crippen LogP contribution is 2.25. The molecule has 0 saturated heterocycles. The molecular formula is C14H24N2O4S. The molecule has 0 unspecified atom stereocenters. The standard InChI is InChI=1S/C14H24N2O4S/c1-5-20-14(2,3)10-16-21(17,18)13-8-11(9-15)6-7-12(13)19-4/h6-8,16H,5,9-10,15H2,1-4H3. The van der Waals surface area contributed by atoms with E-state index in [1.807, 2.05) is 20.8 Å². The molecule has 0 spiro atoms. The molecule has 1 aromatic rings. The lowest BCUT2D eigenvalue weighted by molar-refractivity contribution is -0.00515. The molecule has 1 aromatic carbocycles. The Kier molecular flexibility index (Phi) is 6.15. The molecule has 0 bridgehead atoms. The summed E-state index contributed by atoms with van der Waals surface area (Å²) in [6.45, 7) is 6.46. The van der Waals surface area contributed by atoms with Crippen LogP contribution in [0.2, 0.25) is 0 Å². The van der Waals surface area contributed by atoms with E-state index in [4.69, 9.17) is 15.2 Å². The first-order valence-corrected chi connectivity index (χ1v) is 8.24. The summed E-state index contributed by atoms with van der Waals surface area (Å²) in [5.41, 5.74) is 5.70. The molecule has 0 heterocycles. The number of ether oxygens (including phenoxy) is 2. The SMILES string of the molecule is CCOC(C)(C)CNS(=O)(=O)c1cc(CN)ccc1OC. The Morgan fingerprint density at radius 1 is 1.33 bits per heavy atom. The molecule has 0 aliphatic rings. The highest BCUT2D eigenvalue weighted by molar-refractivity contribution is 7.89. The molecule has 0 fully saturated rings. The third-order valence-corrected chi connectivity index (χ3v) is 4.40. The second-order valence-electron chi connectivity index (χ2n) is 5.21. The fraction of sp³-hybridized carbons (Fsp3) is 0.571. The van der Waals surface area contributed by atoms with Crippen molar-refractivity contribution in [1.82, 2.24) is 4.72 Å². The summed E-state index contributed by atoms with van der Waals surface area (Å²) in [7, 11) is -2.27. The van der Waals surface area contributed by atoms with Gasteiger partial charge in [0.05, 0.1) is 12.7 Å². The molecule has 0 radical (unpaired) electrons. The normalized spacial score (nSPS) is 12.4. The number of nitrogens with two attached hydrogens (primary N) is 1. The monoisotopic (exact) mass is 316 g/mol. The Morgan fingerprint density at radius 2 is 2.00 bits per heavy atom. The Bertz CT molecular complexity index is 570. The van der Waals surface area contributed by atoms with Crippen molar-refractivity contribution in [2.75, 3.05) is 20.3 Å². The molecule has 0 aliphatic heterocycles. The summed E-state index contributed by atoms with van der Waals surface area (Å²) in [6, 6.07) is 4.86. The maximum Gasteiger partial charge on any atom is 0.244 e. The largest absolute Gasteiger partial charge is 0.495 e. The van der Waals surface area contributed by atoms with Crippen molar-refractivity contribution < 1.29 is 17.9 Å². The Balaban J connectivity index is 3.02. The van der Waals surface area contributed by atoms with Crippen molar-refractivity contribution in [3.8, 4) is 5.75 Å². The summed E-state index contributed by atoms with van der Waals surface area (Å²) in [5.74, 6) is 0.286. The molecule has 0 amide bonds. The van der Waals surface area contributed by atoms with Crippen molar-refractivity contribution in [2.45, 2.75) is 37.8 Å². The zero-order chi connectivity index (χ0) is 16.1. The van der Waals surface area contributed by atoms with Crippen molar-refractivity contribution in [3.05, 3.63) is 23.8 Å². The van der Waals surface area contributed by atoms with Crippen LogP contribution < -0.4 is 15.2 Å². The molecule has 120 valence electrons. The van der Waals surface area contributed by atoms with Gasteiger partial charge in [0, 0.05) is 19.7 Å². The predicted octanol–water partition coefficient (Wildman–Crippen LogP) is 1.25. The van der Waals surface area contributed by atoms with Crippen LogP contribution in [0.1, 0.15) is 26.3 Å². The molecule has 0 atom stereocenters. The molecule has 21 heavy (non-hydrogen) atoms. The molecule has 3 N–H and O–H groups in total. The number of sulfonamides is 1. The van der Waals surface area contributed by atoms with Gasteiger partial charge < -0.3 is 15.2 Å². The molecule has 7 heteroatoms. The van der Waals surface area contributed by atoms with E-state index < -0.39 is 15.6 Å². The van der Waals surface area contributed by atoms with Crippen molar-refractivity contribution in [2.24, 2.45) is 5.73 Å². The van der Waals surface area contributed by atoms with Crippen LogP contribution in [0.3, 0.4) is 0 Å². The lowest BCUT2D eigenvalue weighted by atomic mass is 10.1. The number of nitrogens with one attached hydrogen (secondary N) is 1. The summed E-state index contributed by atoms with van der Waals surface area (Å²) in [6.07, 6.45) is 0. The van der Waals surface area contributed by atoms with Crippen LogP contribution in [-0.2, 0) is 21.3 Å². The Labute approximate surface area is 126 Å². The van der Waals surface area contributed by atoms with E-state index in [1.54, 1.807) is 12.1 Å². The zero-order valence-corrected chi connectivity index (χ0v) is 13.8. The molecule has 6 nitrogen and oxygen atoms in total. The van der Waals surface area contributed by atoms with E-state index >= 15 is 0 Å². The molecule has 0 aliphatic carbocycles. The van der Waals surface area contributed by atoms with Crippen LogP contribution in [0.5, 0.6) is 5.75 Å². The highest BCUT2D eigenvalue weighted by atomic mass is 32.2. The zero-order valence-electron chi connectivity index (χ0n) is 13.0. The fourth-order valence-electron chi connectivity index (χ4n) is 1.85. The third-order valence-electron chi connectivity index (χ3n) is 2.98. The summed E-state index contributed by atoms with van der Waals surface area (Å²) in [5, 5.41) is 0. The maximum absolute atomic E-state index is 12.4. The van der Waals surface area contributed by atoms with Crippen molar-refractivity contribution >= 4 is 10.0 Å². The van der Waals surface area contributed by atoms with Gasteiger partial charge in [0.2, 0.25) is 10.0 Å². The predicted molar refractivity (Wildman–Crippen MR) is 81.8 cm³/mol. The fourth-order valence-corrected chi connectivity index (χ4v) is 3.26. The van der Waals surface area contributed by atoms with Crippen LogP contribution >= 0.6 is 0 Å². The van der Waals surface area contributed by atoms with Gasteiger partial charge in [0.15, 0.2) is 0 Å². The van der Waals surface area contributed by atoms with E-state index in [2.05, 4.69) is 4.72 Å². The van der Waals surface area contributed by atoms with E-state index in [1.165, 1.54) is 13.2 Å². The number of hydrogen-bond donors (Lipinski definition) is 2. The van der Waals surface area contributed by atoms with Crippen molar-refractivity contribution in [1.29, 1.82) is 0 Å². The van der Waals surface area contributed by atoms with Gasteiger partial charge in [-0.05, 0) is 38.5 Å². The second-order valence-corrected chi connectivity index (χ2v) is 6.94. The summed E-state index contributed by atoms with van der Waals surface area (Å²) in [4.78, 5) is 0.0836. The minimum Gasteiger partial charge on any atom is -0.495 e. The number of rotatable bonds is 8. The quantitative estimate of drug-likeness (QED) is 0.753. The average molecular weight is 316 g/mol. The molecule has 0 aromatic heterocycles. The van der Waals surface area contributed by atoms with Gasteiger partial charge in [0.1, 0.15) is 10.6 Å². The summed E-state index contributed by atoms with van der Waals surface area (Å²) < 4.78 is 38.0. The molecule has 0 saturated carbocycles. The number of benzene rings is 1. The number of methoxy groups -OCH3 is 1. The third kappa shape index (κ3) is 4.96. The van der Waals surface area contributed by atoms with Crippen LogP contribution in [0.4, 0.5) is 0 Å². The average Bonchev–Trinajstić information content (AvgIpc) is 2.44. The second kappa shape index (κ2) is 7.22. The van der Waals surface area contributed by atoms with Crippen LogP contribution in [0, 0.1) is 0 Å². The van der Waals surface area contributed by atoms with Gasteiger partial charge in [0.25, 0.3) is 0 Å². The van der Waals surface area contributed by atoms with Gasteiger partial charge in [-0.1, -0.05) is 6.07 Å². The van der Waals surface area contributed by atoms with Gasteiger partial charge in [-0.3, -0.25) is 0 Å². The molecular weight excluding hydrogens is 292 g/mol. The Morgan fingerprint density at radius 3 is 2.52 bits per heavy atom. The van der Waals surface area contributed by atoms with Crippen LogP contribution in [0.25, 0.3) is 0 Å². The van der Waals surface area contributed by atoms with Crippen LogP contribution in [0.15, 0.2) is 23.1 Å². The Hall–Kier alpha value is -1.15. The summed E-state index contributed by atoms with van der Waals surface area (Å²) >= 11 is 0. The van der Waals surface area contributed by atoms with E-state index in [0.29, 0.717) is 6.61 Å². The minimum atomic E-state index is -3.70.